The van der Waals surface area contributed by atoms with Gasteiger partial charge in [-0.15, -0.1) is 0 Å². The van der Waals surface area contributed by atoms with Gasteiger partial charge in [-0.2, -0.15) is 0 Å². The Bertz CT molecular complexity index is 141. The molecular formula is C7H12O4. The lowest BCUT2D eigenvalue weighted by atomic mass is 10.2. The van der Waals surface area contributed by atoms with Crippen molar-refractivity contribution in [1.82, 2.24) is 0 Å². The van der Waals surface area contributed by atoms with Crippen molar-refractivity contribution >= 4 is 11.9 Å². The topological polar surface area (TPSA) is 63.6 Å². The molecule has 11 heavy (non-hydrogen) atoms. The molecule has 0 rings (SSSR count). The van der Waals surface area contributed by atoms with Gasteiger partial charge in [0.05, 0.1) is 0 Å². The van der Waals surface area contributed by atoms with Gasteiger partial charge in [0.2, 0.25) is 0 Å². The lowest BCUT2D eigenvalue weighted by Crippen LogP contribution is -2.14. The van der Waals surface area contributed by atoms with Crippen LogP contribution in [0.1, 0.15) is 26.2 Å². The number of aliphatic hydroxyl groups excluding tert-OH is 1. The van der Waals surface area contributed by atoms with E-state index < -0.39 is 18.5 Å². The summed E-state index contributed by atoms with van der Waals surface area (Å²) in [5.41, 5.74) is 0. The van der Waals surface area contributed by atoms with Gasteiger partial charge in [0.1, 0.15) is 6.61 Å². The van der Waals surface area contributed by atoms with Crippen molar-refractivity contribution in [2.75, 3.05) is 6.61 Å². The SMILES string of the molecule is CCCCC(=O)OC(=O)CO. The molecule has 0 aliphatic rings. The van der Waals surface area contributed by atoms with E-state index >= 15 is 0 Å². The van der Waals surface area contributed by atoms with Crippen LogP contribution >= 0.6 is 0 Å². The van der Waals surface area contributed by atoms with Crippen LogP contribution in [-0.2, 0) is 14.3 Å². The molecule has 0 bridgehead atoms. The van der Waals surface area contributed by atoms with E-state index in [1.807, 2.05) is 6.92 Å². The van der Waals surface area contributed by atoms with E-state index in [1.165, 1.54) is 0 Å². The Balaban J connectivity index is 3.44. The van der Waals surface area contributed by atoms with Gasteiger partial charge in [0.25, 0.3) is 0 Å². The summed E-state index contributed by atoms with van der Waals surface area (Å²) in [7, 11) is 0. The minimum atomic E-state index is -0.883. The number of aliphatic hydroxyl groups is 1. The Hall–Kier alpha value is -0.900. The monoisotopic (exact) mass is 160 g/mol. The summed E-state index contributed by atoms with van der Waals surface area (Å²) in [6.07, 6.45) is 1.82. The van der Waals surface area contributed by atoms with Crippen LogP contribution in [0.5, 0.6) is 0 Å². The Morgan fingerprint density at radius 1 is 1.36 bits per heavy atom. The maximum atomic E-state index is 10.6. The van der Waals surface area contributed by atoms with Crippen molar-refractivity contribution in [3.05, 3.63) is 0 Å². The van der Waals surface area contributed by atoms with E-state index in [1.54, 1.807) is 0 Å². The van der Waals surface area contributed by atoms with Crippen molar-refractivity contribution in [3.63, 3.8) is 0 Å². The lowest BCUT2D eigenvalue weighted by Gasteiger charge is -1.98. The molecule has 0 saturated heterocycles. The molecule has 64 valence electrons. The van der Waals surface area contributed by atoms with Gasteiger partial charge in [0.15, 0.2) is 0 Å². The Morgan fingerprint density at radius 3 is 2.45 bits per heavy atom. The van der Waals surface area contributed by atoms with E-state index in [4.69, 9.17) is 5.11 Å². The molecule has 0 spiro atoms. The molecule has 0 amide bonds. The van der Waals surface area contributed by atoms with Gasteiger partial charge in [-0.1, -0.05) is 13.3 Å². The molecule has 4 nitrogen and oxygen atoms in total. The maximum absolute atomic E-state index is 10.6. The van der Waals surface area contributed by atoms with Crippen LogP contribution in [0.15, 0.2) is 0 Å². The van der Waals surface area contributed by atoms with E-state index in [9.17, 15) is 9.59 Å². The third kappa shape index (κ3) is 5.54. The minimum absolute atomic E-state index is 0.238. The van der Waals surface area contributed by atoms with Crippen LogP contribution < -0.4 is 0 Å². The van der Waals surface area contributed by atoms with Crippen molar-refractivity contribution in [1.29, 1.82) is 0 Å². The maximum Gasteiger partial charge on any atom is 0.339 e. The second-order valence-electron chi connectivity index (χ2n) is 2.11. The smallest absolute Gasteiger partial charge is 0.339 e. The highest BCUT2D eigenvalue weighted by Crippen LogP contribution is 1.96. The third-order valence-corrected chi connectivity index (χ3v) is 1.09. The summed E-state index contributed by atoms with van der Waals surface area (Å²) in [6, 6.07) is 0. The van der Waals surface area contributed by atoms with Gasteiger partial charge >= 0.3 is 11.9 Å². The molecule has 0 atom stereocenters. The zero-order valence-corrected chi connectivity index (χ0v) is 6.50. The largest absolute Gasteiger partial charge is 0.391 e. The molecule has 0 aliphatic carbocycles. The van der Waals surface area contributed by atoms with Crippen molar-refractivity contribution in [2.45, 2.75) is 26.2 Å². The van der Waals surface area contributed by atoms with Crippen LogP contribution in [0.25, 0.3) is 0 Å². The molecular weight excluding hydrogens is 148 g/mol. The molecule has 0 unspecified atom stereocenters. The Morgan fingerprint density at radius 2 is 2.00 bits per heavy atom. The number of unbranched alkanes of at least 4 members (excludes halogenated alkanes) is 1. The van der Waals surface area contributed by atoms with Crippen molar-refractivity contribution in [2.24, 2.45) is 0 Å². The van der Waals surface area contributed by atoms with E-state index in [-0.39, 0.29) is 6.42 Å². The van der Waals surface area contributed by atoms with Gasteiger partial charge < -0.3 is 9.84 Å². The first kappa shape index (κ1) is 10.1. The molecule has 0 saturated carbocycles. The summed E-state index contributed by atoms with van der Waals surface area (Å²) in [6.45, 7) is 1.19. The molecule has 4 heteroatoms. The molecule has 0 aromatic carbocycles. The molecule has 0 aromatic heterocycles. The van der Waals surface area contributed by atoms with Crippen molar-refractivity contribution < 1.29 is 19.4 Å². The fourth-order valence-corrected chi connectivity index (χ4v) is 0.531. The fourth-order valence-electron chi connectivity index (χ4n) is 0.531. The second-order valence-corrected chi connectivity index (χ2v) is 2.11. The van der Waals surface area contributed by atoms with E-state index in [2.05, 4.69) is 4.74 Å². The molecule has 0 heterocycles. The highest BCUT2D eigenvalue weighted by Gasteiger charge is 2.07. The van der Waals surface area contributed by atoms with E-state index in [0.29, 0.717) is 6.42 Å². The Kier molecular flexibility index (Phi) is 5.37. The first-order valence-electron chi connectivity index (χ1n) is 3.55. The number of ether oxygens (including phenoxy) is 1. The van der Waals surface area contributed by atoms with Gasteiger partial charge in [-0.05, 0) is 6.42 Å². The van der Waals surface area contributed by atoms with Crippen LogP contribution in [-0.4, -0.2) is 23.7 Å². The number of carbonyl (C=O) groups excluding carboxylic acids is 2. The number of rotatable bonds is 4. The minimum Gasteiger partial charge on any atom is -0.391 e. The quantitative estimate of drug-likeness (QED) is 0.472. The van der Waals surface area contributed by atoms with Crippen LogP contribution in [0.2, 0.25) is 0 Å². The predicted octanol–water partition coefficient (Wildman–Crippen LogP) is 0.239. The first-order chi connectivity index (χ1) is 5.20. The number of hydrogen-bond acceptors (Lipinski definition) is 4. The van der Waals surface area contributed by atoms with Gasteiger partial charge in [0, 0.05) is 6.42 Å². The molecule has 0 aliphatic heterocycles. The summed E-state index contributed by atoms with van der Waals surface area (Å²) in [4.78, 5) is 20.9. The average molecular weight is 160 g/mol. The lowest BCUT2D eigenvalue weighted by molar-refractivity contribution is -0.161. The number of esters is 2. The summed E-state index contributed by atoms with van der Waals surface area (Å²) in [5, 5.41) is 8.18. The molecule has 0 fully saturated rings. The van der Waals surface area contributed by atoms with Gasteiger partial charge in [-0.25, -0.2) is 4.79 Å². The van der Waals surface area contributed by atoms with Crippen LogP contribution in [0.4, 0.5) is 0 Å². The zero-order valence-electron chi connectivity index (χ0n) is 6.50. The first-order valence-corrected chi connectivity index (χ1v) is 3.55. The summed E-state index contributed by atoms with van der Waals surface area (Å²) in [5.74, 6) is -1.45. The molecule has 1 N–H and O–H groups in total. The second kappa shape index (κ2) is 5.85. The number of carbonyl (C=O) groups is 2. The molecule has 0 radical (unpaired) electrons. The summed E-state index contributed by atoms with van der Waals surface area (Å²) < 4.78 is 4.17. The fraction of sp³-hybridized carbons (Fsp3) is 0.714. The summed E-state index contributed by atoms with van der Waals surface area (Å²) >= 11 is 0. The third-order valence-electron chi connectivity index (χ3n) is 1.09. The average Bonchev–Trinajstić information content (AvgIpc) is 2.00. The van der Waals surface area contributed by atoms with Crippen LogP contribution in [0, 0.1) is 0 Å². The zero-order chi connectivity index (χ0) is 8.69. The van der Waals surface area contributed by atoms with Crippen molar-refractivity contribution in [3.8, 4) is 0 Å². The normalized spacial score (nSPS) is 9.27. The highest BCUT2D eigenvalue weighted by atomic mass is 16.6. The molecule has 0 aromatic rings. The highest BCUT2D eigenvalue weighted by molar-refractivity contribution is 5.85. The van der Waals surface area contributed by atoms with Gasteiger partial charge in [-0.3, -0.25) is 4.79 Å². The number of hydrogen-bond donors (Lipinski definition) is 1. The van der Waals surface area contributed by atoms with Crippen LogP contribution in [0.3, 0.4) is 0 Å². The van der Waals surface area contributed by atoms with E-state index in [0.717, 1.165) is 6.42 Å². The standard InChI is InChI=1S/C7H12O4/c1-2-3-4-6(9)11-7(10)5-8/h8H,2-5H2,1H3. The Labute approximate surface area is 65.2 Å². The predicted molar refractivity (Wildman–Crippen MR) is 37.7 cm³/mol.